The predicted octanol–water partition coefficient (Wildman–Crippen LogP) is 2.18. The van der Waals surface area contributed by atoms with Crippen molar-refractivity contribution in [3.05, 3.63) is 29.8 Å². The first-order valence-corrected chi connectivity index (χ1v) is 8.70. The minimum Gasteiger partial charge on any atom is -0.491 e. The van der Waals surface area contributed by atoms with Crippen LogP contribution in [-0.2, 0) is 5.41 Å². The van der Waals surface area contributed by atoms with Gasteiger partial charge in [0.05, 0.1) is 13.1 Å². The van der Waals surface area contributed by atoms with Crippen LogP contribution >= 0.6 is 0 Å². The number of ether oxygens (including phenoxy) is 1. The Hall–Kier alpha value is -1.06. The van der Waals surface area contributed by atoms with Crippen LogP contribution in [0.1, 0.15) is 52.0 Å². The highest BCUT2D eigenvalue weighted by atomic mass is 16.5. The molecule has 0 unspecified atom stereocenters. The van der Waals surface area contributed by atoms with Gasteiger partial charge < -0.3 is 14.7 Å². The number of benzene rings is 1. The van der Waals surface area contributed by atoms with Gasteiger partial charge in [0.25, 0.3) is 0 Å². The Balaban J connectivity index is 1.77. The summed E-state index contributed by atoms with van der Waals surface area (Å²) in [6.07, 6.45) is 4.89. The Kier molecular flexibility index (Phi) is 6.27. The van der Waals surface area contributed by atoms with E-state index in [2.05, 4.69) is 32.9 Å². The average molecular weight is 306 g/mol. The summed E-state index contributed by atoms with van der Waals surface area (Å²) in [6.45, 7) is 10.2. The minimum absolute atomic E-state index is 0.161. The third-order valence-corrected chi connectivity index (χ3v) is 4.50. The van der Waals surface area contributed by atoms with Crippen molar-refractivity contribution in [2.75, 3.05) is 26.2 Å². The predicted molar refractivity (Wildman–Crippen MR) is 90.7 cm³/mol. The van der Waals surface area contributed by atoms with Crippen LogP contribution in [0.4, 0.5) is 0 Å². The number of rotatable bonds is 5. The lowest BCUT2D eigenvalue weighted by Crippen LogP contribution is -3.13. The molecule has 1 aromatic rings. The molecule has 0 radical (unpaired) electrons. The summed E-state index contributed by atoms with van der Waals surface area (Å²) in [5.41, 5.74) is 1.46. The van der Waals surface area contributed by atoms with Crippen molar-refractivity contribution >= 4 is 0 Å². The first-order chi connectivity index (χ1) is 10.4. The topological polar surface area (TPSA) is 33.9 Å². The van der Waals surface area contributed by atoms with E-state index in [0.717, 1.165) is 12.3 Å². The molecule has 0 spiro atoms. The highest BCUT2D eigenvalue weighted by Crippen LogP contribution is 2.24. The van der Waals surface area contributed by atoms with Gasteiger partial charge in [-0.15, -0.1) is 0 Å². The van der Waals surface area contributed by atoms with Crippen molar-refractivity contribution in [2.24, 2.45) is 0 Å². The third-order valence-electron chi connectivity index (χ3n) is 4.50. The first-order valence-electron chi connectivity index (χ1n) is 8.70. The van der Waals surface area contributed by atoms with E-state index in [9.17, 15) is 5.11 Å². The number of nitrogens with one attached hydrogen (secondary N) is 1. The Morgan fingerprint density at radius 1 is 1.05 bits per heavy atom. The Morgan fingerprint density at radius 2 is 1.64 bits per heavy atom. The summed E-state index contributed by atoms with van der Waals surface area (Å²) in [5.74, 6) is 0.845. The standard InChI is InChI=1S/C19H31NO2/c1-19(2,3)16-8-10-18(11-9-16)22-15-17(21)14-20-12-6-4-5-7-13-20/h8-11,17,21H,4-7,12-15H2,1-3H3/p+1/t17-/m0/s1. The Bertz CT molecular complexity index is 428. The van der Waals surface area contributed by atoms with Gasteiger partial charge in [0.2, 0.25) is 0 Å². The van der Waals surface area contributed by atoms with Gasteiger partial charge in [-0.2, -0.15) is 0 Å². The lowest BCUT2D eigenvalue weighted by molar-refractivity contribution is -0.902. The summed E-state index contributed by atoms with van der Waals surface area (Å²) in [7, 11) is 0. The molecule has 1 heterocycles. The van der Waals surface area contributed by atoms with Crippen LogP contribution in [0.5, 0.6) is 5.75 Å². The van der Waals surface area contributed by atoms with Gasteiger partial charge in [-0.25, -0.2) is 0 Å². The summed E-state index contributed by atoms with van der Waals surface area (Å²) in [4.78, 5) is 1.52. The van der Waals surface area contributed by atoms with Crippen molar-refractivity contribution in [3.8, 4) is 5.75 Å². The zero-order valence-corrected chi connectivity index (χ0v) is 14.4. The monoisotopic (exact) mass is 306 g/mol. The highest BCUT2D eigenvalue weighted by Gasteiger charge is 2.18. The molecule has 2 N–H and O–H groups in total. The molecule has 1 aromatic carbocycles. The van der Waals surface area contributed by atoms with E-state index >= 15 is 0 Å². The summed E-state index contributed by atoms with van der Waals surface area (Å²) in [6, 6.07) is 8.24. The number of likely N-dealkylation sites (tertiary alicyclic amines) is 1. The molecule has 1 atom stereocenters. The number of hydrogen-bond donors (Lipinski definition) is 2. The van der Waals surface area contributed by atoms with E-state index in [1.807, 2.05) is 12.1 Å². The molecule has 124 valence electrons. The summed E-state index contributed by atoms with van der Waals surface area (Å²) >= 11 is 0. The van der Waals surface area contributed by atoms with E-state index in [1.165, 1.54) is 49.2 Å². The van der Waals surface area contributed by atoms with Crippen LogP contribution in [0.2, 0.25) is 0 Å². The molecule has 3 nitrogen and oxygen atoms in total. The van der Waals surface area contributed by atoms with Crippen LogP contribution < -0.4 is 9.64 Å². The summed E-state index contributed by atoms with van der Waals surface area (Å²) < 4.78 is 5.74. The Morgan fingerprint density at radius 3 is 2.18 bits per heavy atom. The second-order valence-electron chi connectivity index (χ2n) is 7.61. The molecule has 1 fully saturated rings. The van der Waals surface area contributed by atoms with E-state index in [-0.39, 0.29) is 11.5 Å². The Labute approximate surface area is 135 Å². The van der Waals surface area contributed by atoms with Crippen molar-refractivity contribution in [1.82, 2.24) is 0 Å². The number of aliphatic hydroxyl groups is 1. The van der Waals surface area contributed by atoms with Crippen molar-refractivity contribution in [1.29, 1.82) is 0 Å². The first kappa shape index (κ1) is 17.3. The number of quaternary nitrogens is 1. The molecule has 0 bridgehead atoms. The minimum atomic E-state index is -0.379. The van der Waals surface area contributed by atoms with Gasteiger partial charge in [0.1, 0.15) is 25.0 Å². The molecule has 2 rings (SSSR count). The number of hydrogen-bond acceptors (Lipinski definition) is 2. The van der Waals surface area contributed by atoms with Crippen LogP contribution in [0, 0.1) is 0 Å². The van der Waals surface area contributed by atoms with Gasteiger partial charge in [-0.1, -0.05) is 32.9 Å². The fraction of sp³-hybridized carbons (Fsp3) is 0.684. The van der Waals surface area contributed by atoms with E-state index in [1.54, 1.807) is 0 Å². The quantitative estimate of drug-likeness (QED) is 0.874. The normalized spacial score (nSPS) is 18.7. The van der Waals surface area contributed by atoms with Crippen molar-refractivity contribution in [2.45, 2.75) is 58.0 Å². The molecule has 0 aromatic heterocycles. The molecule has 1 saturated heterocycles. The van der Waals surface area contributed by atoms with Gasteiger partial charge in [-0.3, -0.25) is 0 Å². The highest BCUT2D eigenvalue weighted by molar-refractivity contribution is 5.31. The van der Waals surface area contributed by atoms with Crippen LogP contribution in [0.15, 0.2) is 24.3 Å². The lowest BCUT2D eigenvalue weighted by atomic mass is 9.87. The molecule has 1 aliphatic rings. The van der Waals surface area contributed by atoms with Crippen LogP contribution in [0.25, 0.3) is 0 Å². The largest absolute Gasteiger partial charge is 0.491 e. The van der Waals surface area contributed by atoms with Gasteiger partial charge in [0, 0.05) is 0 Å². The molecular formula is C19H32NO2+. The molecule has 22 heavy (non-hydrogen) atoms. The zero-order chi connectivity index (χ0) is 16.0. The zero-order valence-electron chi connectivity index (χ0n) is 14.4. The average Bonchev–Trinajstić information content (AvgIpc) is 2.73. The third kappa shape index (κ3) is 5.62. The smallest absolute Gasteiger partial charge is 0.137 e. The van der Waals surface area contributed by atoms with Gasteiger partial charge in [-0.05, 0) is 48.8 Å². The molecular weight excluding hydrogens is 274 g/mol. The SMILES string of the molecule is CC(C)(C)c1ccc(OC[C@@H](O)C[NH+]2CCCCCC2)cc1. The summed E-state index contributed by atoms with van der Waals surface area (Å²) in [5, 5.41) is 10.2. The second-order valence-corrected chi connectivity index (χ2v) is 7.61. The molecule has 3 heteroatoms. The van der Waals surface area contributed by atoms with E-state index in [4.69, 9.17) is 4.74 Å². The maximum absolute atomic E-state index is 10.2. The maximum Gasteiger partial charge on any atom is 0.137 e. The van der Waals surface area contributed by atoms with E-state index < -0.39 is 0 Å². The van der Waals surface area contributed by atoms with Crippen molar-refractivity contribution < 1.29 is 14.7 Å². The van der Waals surface area contributed by atoms with Crippen molar-refractivity contribution in [3.63, 3.8) is 0 Å². The van der Waals surface area contributed by atoms with E-state index in [0.29, 0.717) is 6.61 Å². The second kappa shape index (κ2) is 7.98. The van der Waals surface area contributed by atoms with Gasteiger partial charge >= 0.3 is 0 Å². The van der Waals surface area contributed by atoms with Crippen LogP contribution in [-0.4, -0.2) is 37.5 Å². The number of aliphatic hydroxyl groups excluding tert-OH is 1. The molecule has 0 amide bonds. The lowest BCUT2D eigenvalue weighted by Gasteiger charge is -2.21. The molecule has 0 saturated carbocycles. The fourth-order valence-corrected chi connectivity index (χ4v) is 3.07. The fourth-order valence-electron chi connectivity index (χ4n) is 3.07. The maximum atomic E-state index is 10.2. The molecule has 1 aliphatic heterocycles. The molecule has 0 aliphatic carbocycles. The van der Waals surface area contributed by atoms with Crippen LogP contribution in [0.3, 0.4) is 0 Å². The van der Waals surface area contributed by atoms with Gasteiger partial charge in [0.15, 0.2) is 0 Å².